The number of nitrogens with one attached hydrogen (secondary N) is 1. The molecule has 2 N–H and O–H groups in total. The first-order valence-corrected chi connectivity index (χ1v) is 8.68. The molecular weight excluding hydrogens is 316 g/mol. The number of carbonyl (C=O) groups is 1. The van der Waals surface area contributed by atoms with Gasteiger partial charge in [-0.05, 0) is 30.4 Å². The molecule has 1 heterocycles. The van der Waals surface area contributed by atoms with Gasteiger partial charge < -0.3 is 24.8 Å². The topological polar surface area (TPSA) is 71.0 Å². The van der Waals surface area contributed by atoms with Gasteiger partial charge in [0.2, 0.25) is 5.91 Å². The van der Waals surface area contributed by atoms with Crippen LogP contribution >= 0.6 is 11.8 Å². The number of carbonyl (C=O) groups excluding carboxylic acids is 1. The zero-order valence-electron chi connectivity index (χ0n) is 14.0. The second-order valence-corrected chi connectivity index (χ2v) is 6.41. The van der Waals surface area contributed by atoms with Crippen LogP contribution in [0.15, 0.2) is 17.0 Å². The van der Waals surface area contributed by atoms with Gasteiger partial charge in [0.05, 0.1) is 26.4 Å². The van der Waals surface area contributed by atoms with Crippen molar-refractivity contribution in [3.63, 3.8) is 0 Å². The molecule has 1 aliphatic rings. The number of benzene rings is 1. The molecule has 1 aromatic rings. The molecule has 1 aromatic carbocycles. The zero-order valence-corrected chi connectivity index (χ0v) is 14.8. The number of amides is 1. The van der Waals surface area contributed by atoms with E-state index in [2.05, 4.69) is 5.32 Å². The summed E-state index contributed by atoms with van der Waals surface area (Å²) in [6.07, 6.45) is 2.01. The molecule has 1 fully saturated rings. The van der Waals surface area contributed by atoms with Crippen LogP contribution in [0.1, 0.15) is 12.0 Å². The minimum Gasteiger partial charge on any atom is -0.493 e. The molecule has 23 heavy (non-hydrogen) atoms. The number of ether oxygens (including phenoxy) is 2. The number of β-amino-alcohol motifs (C(OH)–C–C–N with tert-alkyl or cyclic N) is 1. The summed E-state index contributed by atoms with van der Waals surface area (Å²) in [5.41, 5.74) is 1.00. The molecule has 2 unspecified atom stereocenters. The van der Waals surface area contributed by atoms with E-state index in [1.807, 2.05) is 18.4 Å². The summed E-state index contributed by atoms with van der Waals surface area (Å²) in [5.74, 6) is 1.31. The number of rotatable bonds is 6. The number of aliphatic hydroxyl groups is 1. The van der Waals surface area contributed by atoms with E-state index >= 15 is 0 Å². The van der Waals surface area contributed by atoms with Crippen molar-refractivity contribution in [2.24, 2.45) is 0 Å². The van der Waals surface area contributed by atoms with E-state index in [9.17, 15) is 9.90 Å². The average molecular weight is 340 g/mol. The van der Waals surface area contributed by atoms with Crippen LogP contribution in [0, 0.1) is 0 Å². The van der Waals surface area contributed by atoms with Gasteiger partial charge in [-0.15, -0.1) is 11.8 Å². The lowest BCUT2D eigenvalue weighted by Crippen LogP contribution is -2.41. The van der Waals surface area contributed by atoms with Gasteiger partial charge in [0.1, 0.15) is 0 Å². The lowest BCUT2D eigenvalue weighted by atomic mass is 10.1. The SMILES string of the molecule is COc1cc(CN(C)C(=O)C2CC(O)CN2)c(SC)cc1OC. The van der Waals surface area contributed by atoms with Crippen molar-refractivity contribution < 1.29 is 19.4 Å². The number of hydrogen-bond donors (Lipinski definition) is 2. The molecule has 1 amide bonds. The second-order valence-electron chi connectivity index (χ2n) is 5.56. The van der Waals surface area contributed by atoms with Crippen molar-refractivity contribution in [2.75, 3.05) is 34.1 Å². The summed E-state index contributed by atoms with van der Waals surface area (Å²) in [5, 5.41) is 12.6. The molecule has 0 saturated carbocycles. The molecule has 0 bridgehead atoms. The molecule has 0 aromatic heterocycles. The van der Waals surface area contributed by atoms with Crippen molar-refractivity contribution in [1.29, 1.82) is 0 Å². The third kappa shape index (κ3) is 4.10. The summed E-state index contributed by atoms with van der Waals surface area (Å²) in [6.45, 7) is 0.945. The molecule has 1 saturated heterocycles. The predicted octanol–water partition coefficient (Wildman–Crippen LogP) is 1.11. The highest BCUT2D eigenvalue weighted by Crippen LogP contribution is 2.35. The van der Waals surface area contributed by atoms with Crippen molar-refractivity contribution in [1.82, 2.24) is 10.2 Å². The number of thioether (sulfide) groups is 1. The summed E-state index contributed by atoms with van der Waals surface area (Å²) < 4.78 is 10.7. The van der Waals surface area contributed by atoms with Crippen LogP contribution in [-0.2, 0) is 11.3 Å². The Balaban J connectivity index is 2.16. The Morgan fingerprint density at radius 2 is 2.04 bits per heavy atom. The van der Waals surface area contributed by atoms with E-state index in [0.717, 1.165) is 10.5 Å². The Kier molecular flexibility index (Phi) is 6.15. The van der Waals surface area contributed by atoms with Gasteiger partial charge in [0.15, 0.2) is 11.5 Å². The van der Waals surface area contributed by atoms with E-state index in [1.54, 1.807) is 37.9 Å². The monoisotopic (exact) mass is 340 g/mol. The van der Waals surface area contributed by atoms with Crippen molar-refractivity contribution in [3.8, 4) is 11.5 Å². The largest absolute Gasteiger partial charge is 0.493 e. The van der Waals surface area contributed by atoms with Gasteiger partial charge in [0, 0.05) is 25.0 Å². The normalized spacial score (nSPS) is 20.4. The summed E-state index contributed by atoms with van der Waals surface area (Å²) in [7, 11) is 4.98. The number of methoxy groups -OCH3 is 2. The van der Waals surface area contributed by atoms with Crippen LogP contribution in [0.3, 0.4) is 0 Å². The Hall–Kier alpha value is -1.44. The van der Waals surface area contributed by atoms with Crippen LogP contribution in [-0.4, -0.2) is 62.1 Å². The van der Waals surface area contributed by atoms with Crippen LogP contribution in [0.25, 0.3) is 0 Å². The van der Waals surface area contributed by atoms with Gasteiger partial charge in [-0.25, -0.2) is 0 Å². The highest BCUT2D eigenvalue weighted by molar-refractivity contribution is 7.98. The summed E-state index contributed by atoms with van der Waals surface area (Å²) in [6, 6.07) is 3.52. The second kappa shape index (κ2) is 7.90. The molecule has 128 valence electrons. The van der Waals surface area contributed by atoms with Crippen LogP contribution in [0.4, 0.5) is 0 Å². The molecular formula is C16H24N2O4S. The lowest BCUT2D eigenvalue weighted by Gasteiger charge is -2.23. The van der Waals surface area contributed by atoms with Crippen LogP contribution in [0.2, 0.25) is 0 Å². The molecule has 0 spiro atoms. The van der Waals surface area contributed by atoms with Gasteiger partial charge in [-0.2, -0.15) is 0 Å². The van der Waals surface area contributed by atoms with E-state index in [0.29, 0.717) is 31.0 Å². The Morgan fingerprint density at radius 1 is 1.39 bits per heavy atom. The van der Waals surface area contributed by atoms with Crippen LogP contribution in [0.5, 0.6) is 11.5 Å². The maximum absolute atomic E-state index is 12.5. The maximum Gasteiger partial charge on any atom is 0.239 e. The predicted molar refractivity (Wildman–Crippen MR) is 90.2 cm³/mol. The van der Waals surface area contributed by atoms with Crippen molar-refractivity contribution >= 4 is 17.7 Å². The molecule has 7 heteroatoms. The first-order chi connectivity index (χ1) is 11.0. The zero-order chi connectivity index (χ0) is 17.0. The summed E-state index contributed by atoms with van der Waals surface area (Å²) in [4.78, 5) is 15.2. The molecule has 6 nitrogen and oxygen atoms in total. The number of likely N-dealkylation sites (N-methyl/N-ethyl adjacent to an activating group) is 1. The minimum absolute atomic E-state index is 0.0108. The molecule has 2 atom stereocenters. The molecule has 0 radical (unpaired) electrons. The Morgan fingerprint density at radius 3 is 2.57 bits per heavy atom. The number of nitrogens with zero attached hydrogens (tertiary/aromatic N) is 1. The van der Waals surface area contributed by atoms with E-state index in [-0.39, 0.29) is 11.9 Å². The highest BCUT2D eigenvalue weighted by atomic mass is 32.2. The third-order valence-corrected chi connectivity index (χ3v) is 4.80. The Labute approximate surface area is 141 Å². The lowest BCUT2D eigenvalue weighted by molar-refractivity contribution is -0.132. The van der Waals surface area contributed by atoms with Crippen LogP contribution < -0.4 is 14.8 Å². The minimum atomic E-state index is -0.444. The van der Waals surface area contributed by atoms with Gasteiger partial charge in [-0.1, -0.05) is 0 Å². The van der Waals surface area contributed by atoms with Gasteiger partial charge in [-0.3, -0.25) is 4.79 Å². The van der Waals surface area contributed by atoms with Gasteiger partial charge >= 0.3 is 0 Å². The average Bonchev–Trinajstić information content (AvgIpc) is 2.99. The fourth-order valence-electron chi connectivity index (χ4n) is 2.72. The first kappa shape index (κ1) is 17.9. The van der Waals surface area contributed by atoms with E-state index in [1.165, 1.54) is 0 Å². The fraction of sp³-hybridized carbons (Fsp3) is 0.562. The van der Waals surface area contributed by atoms with Crippen molar-refractivity contribution in [3.05, 3.63) is 17.7 Å². The first-order valence-electron chi connectivity index (χ1n) is 7.45. The quantitative estimate of drug-likeness (QED) is 0.756. The molecule has 2 rings (SSSR count). The highest BCUT2D eigenvalue weighted by Gasteiger charge is 2.30. The molecule has 0 aliphatic carbocycles. The smallest absolute Gasteiger partial charge is 0.239 e. The number of aliphatic hydroxyl groups excluding tert-OH is 1. The number of hydrogen-bond acceptors (Lipinski definition) is 6. The Bertz CT molecular complexity index is 567. The fourth-order valence-corrected chi connectivity index (χ4v) is 3.33. The summed E-state index contributed by atoms with van der Waals surface area (Å²) >= 11 is 1.60. The standard InChI is InChI=1S/C16H24N2O4S/c1-18(16(20)12-6-11(19)8-17-12)9-10-5-13(21-2)14(22-3)7-15(10)23-4/h5,7,11-12,17,19H,6,8-9H2,1-4H3. The third-order valence-electron chi connectivity index (χ3n) is 3.98. The van der Waals surface area contributed by atoms with Crippen molar-refractivity contribution in [2.45, 2.75) is 30.0 Å². The maximum atomic E-state index is 12.5. The van der Waals surface area contributed by atoms with Gasteiger partial charge in [0.25, 0.3) is 0 Å². The molecule has 1 aliphatic heterocycles. The van der Waals surface area contributed by atoms with E-state index < -0.39 is 6.10 Å². The van der Waals surface area contributed by atoms with E-state index in [4.69, 9.17) is 9.47 Å².